The summed E-state index contributed by atoms with van der Waals surface area (Å²) in [6.45, 7) is 1.67. The second kappa shape index (κ2) is 4.83. The van der Waals surface area contributed by atoms with E-state index < -0.39 is 15.0 Å². The first-order valence-corrected chi connectivity index (χ1v) is 5.12. The van der Waals surface area contributed by atoms with Crippen LogP contribution >= 0.6 is 11.6 Å². The van der Waals surface area contributed by atoms with Crippen LogP contribution in [0.1, 0.15) is 5.56 Å². The van der Waals surface area contributed by atoms with E-state index in [0.717, 1.165) is 6.07 Å². The van der Waals surface area contributed by atoms with E-state index in [1.807, 2.05) is 0 Å². The second-order valence-electron chi connectivity index (χ2n) is 2.59. The molecule has 0 aliphatic carbocycles. The number of aryl methyl sites for hydroxylation is 1. The topological polar surface area (TPSA) is 83.2 Å². The summed E-state index contributed by atoms with van der Waals surface area (Å²) in [5.41, 5.74) is 6.30. The Morgan fingerprint density at radius 2 is 1.93 bits per heavy atom. The van der Waals surface area contributed by atoms with Crippen molar-refractivity contribution in [3.63, 3.8) is 0 Å². The van der Waals surface area contributed by atoms with Gasteiger partial charge in [0.25, 0.3) is 0 Å². The molecule has 1 aromatic rings. The van der Waals surface area contributed by atoms with Gasteiger partial charge in [-0.15, -0.1) is 0 Å². The molecule has 1 rings (SSSR count). The third-order valence-corrected chi connectivity index (χ3v) is 2.89. The van der Waals surface area contributed by atoms with Crippen molar-refractivity contribution in [2.45, 2.75) is 11.8 Å². The zero-order valence-electron chi connectivity index (χ0n) is 7.74. The molecule has 14 heavy (non-hydrogen) atoms. The Morgan fingerprint density at radius 3 is 2.36 bits per heavy atom. The Labute approximate surface area is 109 Å². The summed E-state index contributed by atoms with van der Waals surface area (Å²) in [6, 6.07) is 2.42. The summed E-state index contributed by atoms with van der Waals surface area (Å²) in [6.07, 6.45) is 0. The number of hydrogen-bond donors (Lipinski definition) is 1. The van der Waals surface area contributed by atoms with Gasteiger partial charge in [-0.05, 0) is 24.6 Å². The van der Waals surface area contributed by atoms with Crippen molar-refractivity contribution in [1.29, 1.82) is 0 Å². The van der Waals surface area contributed by atoms with Crippen LogP contribution in [-0.4, -0.2) is 13.0 Å². The summed E-state index contributed by atoms with van der Waals surface area (Å²) in [7, 11) is -4.53. The van der Waals surface area contributed by atoms with E-state index in [1.165, 1.54) is 6.07 Å². The zero-order chi connectivity index (χ0) is 10.2. The maximum Gasteiger partial charge on any atom is 1.00 e. The average Bonchev–Trinajstić information content (AvgIpc) is 1.94. The minimum absolute atomic E-state index is 0. The van der Waals surface area contributed by atoms with Gasteiger partial charge in [0.1, 0.15) is 10.1 Å². The van der Waals surface area contributed by atoms with Crippen LogP contribution < -0.4 is 35.3 Å². The van der Waals surface area contributed by atoms with Crippen molar-refractivity contribution in [2.24, 2.45) is 0 Å². The Hall–Kier alpha value is 0.220. The van der Waals surface area contributed by atoms with Gasteiger partial charge >= 0.3 is 29.6 Å². The van der Waals surface area contributed by atoms with Crippen molar-refractivity contribution >= 4 is 27.4 Å². The van der Waals surface area contributed by atoms with Gasteiger partial charge in [0.2, 0.25) is 0 Å². The first kappa shape index (κ1) is 14.2. The Balaban J connectivity index is 0.00000169. The Morgan fingerprint density at radius 1 is 1.43 bits per heavy atom. The van der Waals surface area contributed by atoms with Crippen LogP contribution in [0.3, 0.4) is 0 Å². The van der Waals surface area contributed by atoms with Gasteiger partial charge in [-0.3, -0.25) is 0 Å². The molecule has 0 fully saturated rings. The van der Waals surface area contributed by atoms with E-state index in [9.17, 15) is 13.0 Å². The molecule has 0 radical (unpaired) electrons. The van der Waals surface area contributed by atoms with Gasteiger partial charge < -0.3 is 10.3 Å². The zero-order valence-corrected chi connectivity index (χ0v) is 11.3. The van der Waals surface area contributed by atoms with Crippen LogP contribution in [0.25, 0.3) is 0 Å². The standard InChI is InChI=1S/C7H8ClNO3S.Na/c1-4-2-5(8)7(3-6(4)9)13(10,11)12;/h2-3H,9H2,1H3,(H,10,11,12);/q;+1/p-1. The second-order valence-corrected chi connectivity index (χ2v) is 4.35. The number of benzene rings is 1. The average molecular weight is 244 g/mol. The van der Waals surface area contributed by atoms with Crippen molar-refractivity contribution < 1.29 is 42.5 Å². The molecule has 1 aromatic carbocycles. The molecule has 0 unspecified atom stereocenters. The number of halogens is 1. The van der Waals surface area contributed by atoms with Crippen LogP contribution in [-0.2, 0) is 10.1 Å². The molecular weight excluding hydrogens is 237 g/mol. The molecular formula is C7H7ClNNaO3S. The van der Waals surface area contributed by atoms with E-state index >= 15 is 0 Å². The minimum Gasteiger partial charge on any atom is -0.744 e. The predicted octanol–water partition coefficient (Wildman–Crippen LogP) is -1.86. The van der Waals surface area contributed by atoms with Gasteiger partial charge in [0.15, 0.2) is 0 Å². The number of nitrogen functional groups attached to an aromatic ring is 1. The molecule has 2 N–H and O–H groups in total. The largest absolute Gasteiger partial charge is 1.00 e. The molecule has 0 saturated heterocycles. The number of anilines is 1. The summed E-state index contributed by atoms with van der Waals surface area (Å²) >= 11 is 5.55. The quantitative estimate of drug-likeness (QED) is 0.356. The molecule has 72 valence electrons. The SMILES string of the molecule is Cc1cc(Cl)c(S(=O)(=O)[O-])cc1N.[Na+]. The molecule has 0 atom stereocenters. The van der Waals surface area contributed by atoms with Crippen LogP contribution in [0, 0.1) is 6.92 Å². The van der Waals surface area contributed by atoms with E-state index in [-0.39, 0.29) is 40.3 Å². The van der Waals surface area contributed by atoms with E-state index in [4.69, 9.17) is 17.3 Å². The van der Waals surface area contributed by atoms with Gasteiger partial charge in [-0.1, -0.05) is 11.6 Å². The smallest absolute Gasteiger partial charge is 0.744 e. The van der Waals surface area contributed by atoms with E-state index in [0.29, 0.717) is 5.56 Å². The van der Waals surface area contributed by atoms with Crippen LogP contribution in [0.4, 0.5) is 5.69 Å². The van der Waals surface area contributed by atoms with Crippen LogP contribution in [0.5, 0.6) is 0 Å². The first-order chi connectivity index (χ1) is 5.82. The normalized spacial score (nSPS) is 10.8. The molecule has 0 aliphatic rings. The fourth-order valence-corrected chi connectivity index (χ4v) is 1.93. The monoisotopic (exact) mass is 243 g/mol. The molecule has 0 spiro atoms. The van der Waals surface area contributed by atoms with Crippen LogP contribution in [0.2, 0.25) is 5.02 Å². The fraction of sp³-hybridized carbons (Fsp3) is 0.143. The van der Waals surface area contributed by atoms with Crippen LogP contribution in [0.15, 0.2) is 17.0 Å². The number of rotatable bonds is 1. The molecule has 0 bridgehead atoms. The Bertz CT molecular complexity index is 446. The van der Waals surface area contributed by atoms with Crippen molar-refractivity contribution in [2.75, 3.05) is 5.73 Å². The Kier molecular flexibility index (Phi) is 4.90. The van der Waals surface area contributed by atoms with E-state index in [1.54, 1.807) is 6.92 Å². The third kappa shape index (κ3) is 3.12. The van der Waals surface area contributed by atoms with Gasteiger partial charge in [0, 0.05) is 5.69 Å². The molecule has 0 amide bonds. The van der Waals surface area contributed by atoms with Gasteiger partial charge in [-0.25, -0.2) is 8.42 Å². The number of nitrogens with two attached hydrogens (primary N) is 1. The summed E-state index contributed by atoms with van der Waals surface area (Å²) in [5, 5.41) is -0.0956. The molecule has 0 aliphatic heterocycles. The maximum atomic E-state index is 10.6. The van der Waals surface area contributed by atoms with Crippen molar-refractivity contribution in [3.8, 4) is 0 Å². The molecule has 7 heteroatoms. The molecule has 4 nitrogen and oxygen atoms in total. The van der Waals surface area contributed by atoms with Gasteiger partial charge in [0.05, 0.1) is 9.92 Å². The summed E-state index contributed by atoms with van der Waals surface area (Å²) in [4.78, 5) is -0.475. The maximum absolute atomic E-state index is 10.6. The van der Waals surface area contributed by atoms with E-state index in [2.05, 4.69) is 0 Å². The van der Waals surface area contributed by atoms with Crippen molar-refractivity contribution in [3.05, 3.63) is 22.7 Å². The fourth-order valence-electron chi connectivity index (χ4n) is 0.860. The molecule has 0 aromatic heterocycles. The number of hydrogen-bond acceptors (Lipinski definition) is 4. The van der Waals surface area contributed by atoms with Crippen molar-refractivity contribution in [1.82, 2.24) is 0 Å². The third-order valence-electron chi connectivity index (χ3n) is 1.59. The molecule has 0 heterocycles. The first-order valence-electron chi connectivity index (χ1n) is 3.34. The minimum atomic E-state index is -4.53. The van der Waals surface area contributed by atoms with Gasteiger partial charge in [-0.2, -0.15) is 0 Å². The molecule has 0 saturated carbocycles. The predicted molar refractivity (Wildman–Crippen MR) is 48.6 cm³/mol. The summed E-state index contributed by atoms with van der Waals surface area (Å²) < 4.78 is 31.9. The summed E-state index contributed by atoms with van der Waals surface area (Å²) in [5.74, 6) is 0.